The van der Waals surface area contributed by atoms with Gasteiger partial charge in [-0.2, -0.15) is 0 Å². The van der Waals surface area contributed by atoms with Crippen molar-refractivity contribution < 1.29 is 0 Å². The molecule has 0 aliphatic carbocycles. The second-order valence-electron chi connectivity index (χ2n) is 2.47. The Balaban J connectivity index is 2.28. The lowest BCUT2D eigenvalue weighted by Crippen LogP contribution is -2.06. The molecule has 1 unspecified atom stereocenters. The molecule has 1 rings (SSSR count). The average molecular weight is 190 g/mol. The third-order valence-electron chi connectivity index (χ3n) is 1.49. The van der Waals surface area contributed by atoms with E-state index in [0.29, 0.717) is 5.25 Å². The van der Waals surface area contributed by atoms with Gasteiger partial charge in [-0.05, 0) is 30.8 Å². The normalized spacial score (nSPS) is 23.8. The van der Waals surface area contributed by atoms with Crippen LogP contribution in [0, 0.1) is 0 Å². The lowest BCUT2D eigenvalue weighted by molar-refractivity contribution is 0.867. The number of hydrogen-bond donors (Lipinski definition) is 2. The average Bonchev–Trinajstić information content (AvgIpc) is 2.38. The van der Waals surface area contributed by atoms with E-state index in [-0.39, 0.29) is 0 Å². The molecule has 64 valence electrons. The predicted octanol–water partition coefficient (Wildman–Crippen LogP) is 1.33. The third-order valence-corrected chi connectivity index (χ3v) is 4.43. The second-order valence-corrected chi connectivity index (χ2v) is 5.03. The maximum Gasteiger partial charge on any atom is 0.0357 e. The molecular weight excluding hydrogens is 176 g/mol. The minimum absolute atomic E-state index is 0.631. The van der Waals surface area contributed by atoms with Crippen molar-refractivity contribution in [2.45, 2.75) is 18.1 Å². The van der Waals surface area contributed by atoms with Gasteiger partial charge in [-0.25, -0.2) is 0 Å². The molecule has 0 amide bonds. The summed E-state index contributed by atoms with van der Waals surface area (Å²) in [5, 5.41) is 0.631. The van der Waals surface area contributed by atoms with Gasteiger partial charge in [0.15, 0.2) is 0 Å². The molecule has 2 nitrogen and oxygen atoms in total. The lowest BCUT2D eigenvalue weighted by atomic mass is 10.2. The molecule has 0 spiro atoms. The monoisotopic (exact) mass is 190 g/mol. The van der Waals surface area contributed by atoms with Gasteiger partial charge in [-0.15, -0.1) is 0 Å². The summed E-state index contributed by atoms with van der Waals surface area (Å²) in [4.78, 5) is 1.43. The topological polar surface area (TPSA) is 52.0 Å². The summed E-state index contributed by atoms with van der Waals surface area (Å²) in [6.07, 6.45) is 4.42. The molecule has 1 aliphatic heterocycles. The summed E-state index contributed by atoms with van der Waals surface area (Å²) in [5.41, 5.74) is 10.9. The van der Waals surface area contributed by atoms with Gasteiger partial charge in [-0.1, -0.05) is 27.7 Å². The van der Waals surface area contributed by atoms with Gasteiger partial charge in [0, 0.05) is 5.25 Å². The summed E-state index contributed by atoms with van der Waals surface area (Å²) in [7, 11) is 3.76. The van der Waals surface area contributed by atoms with Gasteiger partial charge in [-0.3, -0.25) is 0 Å². The molecule has 0 saturated heterocycles. The highest BCUT2D eigenvalue weighted by Crippen LogP contribution is 2.44. The van der Waals surface area contributed by atoms with E-state index in [1.165, 1.54) is 4.91 Å². The van der Waals surface area contributed by atoms with Crippen LogP contribution in [-0.4, -0.2) is 18.3 Å². The van der Waals surface area contributed by atoms with Gasteiger partial charge >= 0.3 is 0 Å². The van der Waals surface area contributed by atoms with E-state index in [4.69, 9.17) is 11.5 Å². The van der Waals surface area contributed by atoms with Gasteiger partial charge in [0.1, 0.15) is 0 Å². The van der Waals surface area contributed by atoms with Crippen LogP contribution in [0.2, 0.25) is 0 Å². The first-order valence-electron chi connectivity index (χ1n) is 3.81. The summed E-state index contributed by atoms with van der Waals surface area (Å²) in [6, 6.07) is 0. The molecule has 4 heteroatoms. The highest BCUT2D eigenvalue weighted by Gasteiger charge is 2.15. The van der Waals surface area contributed by atoms with Crippen molar-refractivity contribution in [1.82, 2.24) is 0 Å². The first-order chi connectivity index (χ1) is 5.36. The van der Waals surface area contributed by atoms with Gasteiger partial charge in [0.25, 0.3) is 0 Å². The van der Waals surface area contributed by atoms with E-state index in [9.17, 15) is 0 Å². The quantitative estimate of drug-likeness (QED) is 0.657. The van der Waals surface area contributed by atoms with Gasteiger partial charge in [0.2, 0.25) is 0 Å². The van der Waals surface area contributed by atoms with Crippen LogP contribution in [0.1, 0.15) is 12.8 Å². The first kappa shape index (κ1) is 9.45. The van der Waals surface area contributed by atoms with Crippen LogP contribution in [0.15, 0.2) is 11.0 Å². The molecule has 1 heterocycles. The van der Waals surface area contributed by atoms with Gasteiger partial charge in [0.05, 0.1) is 0 Å². The molecule has 0 saturated carbocycles. The molecule has 1 atom stereocenters. The molecule has 0 bridgehead atoms. The zero-order valence-corrected chi connectivity index (χ0v) is 8.09. The van der Waals surface area contributed by atoms with Crippen molar-refractivity contribution in [2.24, 2.45) is 11.5 Å². The van der Waals surface area contributed by atoms with E-state index in [2.05, 4.69) is 6.08 Å². The molecule has 0 fully saturated rings. The zero-order chi connectivity index (χ0) is 8.10. The minimum atomic E-state index is 0.631. The van der Waals surface area contributed by atoms with Crippen LogP contribution in [0.3, 0.4) is 0 Å². The standard InChI is InChI=1S/C7H14N2S2/c8-3-1-6-5-7(2-4-9)11-10-6/h5-6H,1-4,8-9H2. The highest BCUT2D eigenvalue weighted by molar-refractivity contribution is 8.78. The van der Waals surface area contributed by atoms with Crippen LogP contribution in [-0.2, 0) is 0 Å². The largest absolute Gasteiger partial charge is 0.330 e. The molecule has 0 aromatic heterocycles. The predicted molar refractivity (Wildman–Crippen MR) is 54.4 cm³/mol. The van der Waals surface area contributed by atoms with Crippen LogP contribution < -0.4 is 11.5 Å². The Bertz CT molecular complexity index is 147. The Kier molecular flexibility index (Phi) is 4.37. The Morgan fingerprint density at radius 2 is 2.18 bits per heavy atom. The Morgan fingerprint density at radius 3 is 2.82 bits per heavy atom. The third kappa shape index (κ3) is 3.07. The fraction of sp³-hybridized carbons (Fsp3) is 0.714. The molecule has 0 aromatic rings. The van der Waals surface area contributed by atoms with Crippen LogP contribution in [0.25, 0.3) is 0 Å². The number of rotatable bonds is 4. The summed E-state index contributed by atoms with van der Waals surface area (Å²) in [6.45, 7) is 1.54. The van der Waals surface area contributed by atoms with Crippen LogP contribution in [0.4, 0.5) is 0 Å². The SMILES string of the molecule is NCCC1=CC(CCN)SS1. The number of nitrogens with two attached hydrogens (primary N) is 2. The Labute approximate surface area is 75.6 Å². The minimum Gasteiger partial charge on any atom is -0.330 e. The van der Waals surface area contributed by atoms with Crippen LogP contribution >= 0.6 is 21.6 Å². The van der Waals surface area contributed by atoms with E-state index in [0.717, 1.165) is 25.9 Å². The maximum atomic E-state index is 5.45. The smallest absolute Gasteiger partial charge is 0.0357 e. The van der Waals surface area contributed by atoms with Crippen molar-refractivity contribution in [3.8, 4) is 0 Å². The maximum absolute atomic E-state index is 5.45. The Hall–Kier alpha value is 0.360. The molecule has 0 aromatic carbocycles. The van der Waals surface area contributed by atoms with E-state index in [1.807, 2.05) is 21.6 Å². The van der Waals surface area contributed by atoms with Gasteiger partial charge < -0.3 is 11.5 Å². The first-order valence-corrected chi connectivity index (χ1v) is 6.02. The van der Waals surface area contributed by atoms with E-state index >= 15 is 0 Å². The van der Waals surface area contributed by atoms with Crippen molar-refractivity contribution >= 4 is 21.6 Å². The van der Waals surface area contributed by atoms with E-state index in [1.54, 1.807) is 0 Å². The summed E-state index contributed by atoms with van der Waals surface area (Å²) in [5.74, 6) is 0. The molecular formula is C7H14N2S2. The van der Waals surface area contributed by atoms with Crippen molar-refractivity contribution in [2.75, 3.05) is 13.1 Å². The molecule has 4 N–H and O–H groups in total. The zero-order valence-electron chi connectivity index (χ0n) is 6.45. The van der Waals surface area contributed by atoms with Crippen molar-refractivity contribution in [1.29, 1.82) is 0 Å². The lowest BCUT2D eigenvalue weighted by Gasteiger charge is -1.99. The Morgan fingerprint density at radius 1 is 1.36 bits per heavy atom. The number of hydrogen-bond acceptors (Lipinski definition) is 4. The molecule has 1 aliphatic rings. The summed E-state index contributed by atoms with van der Waals surface area (Å²) < 4.78 is 0. The second kappa shape index (κ2) is 5.09. The summed E-state index contributed by atoms with van der Waals surface area (Å²) >= 11 is 0. The fourth-order valence-corrected chi connectivity index (χ4v) is 3.77. The molecule has 11 heavy (non-hydrogen) atoms. The van der Waals surface area contributed by atoms with Crippen molar-refractivity contribution in [3.63, 3.8) is 0 Å². The fourth-order valence-electron chi connectivity index (χ4n) is 0.949. The highest BCUT2D eigenvalue weighted by atomic mass is 33.1. The molecule has 0 radical (unpaired) electrons. The van der Waals surface area contributed by atoms with Crippen molar-refractivity contribution in [3.05, 3.63) is 11.0 Å². The van der Waals surface area contributed by atoms with Crippen LogP contribution in [0.5, 0.6) is 0 Å². The van der Waals surface area contributed by atoms with E-state index < -0.39 is 0 Å².